The summed E-state index contributed by atoms with van der Waals surface area (Å²) in [6.07, 6.45) is -0.100. The first-order chi connectivity index (χ1) is 15.8. The number of carbonyl (C=O) groups excluding carboxylic acids is 3. The van der Waals surface area contributed by atoms with E-state index in [1.807, 2.05) is 0 Å². The molecule has 11 nitrogen and oxygen atoms in total. The Morgan fingerprint density at radius 3 is 2.30 bits per heavy atom. The molecule has 0 saturated carbocycles. The highest BCUT2D eigenvalue weighted by molar-refractivity contribution is 6.23. The maximum absolute atomic E-state index is 13.7. The molecule has 3 atom stereocenters. The van der Waals surface area contributed by atoms with Gasteiger partial charge in [0.2, 0.25) is 5.91 Å². The van der Waals surface area contributed by atoms with Crippen molar-refractivity contribution < 1.29 is 33.9 Å². The van der Waals surface area contributed by atoms with Gasteiger partial charge >= 0.3 is 5.97 Å². The molecule has 3 unspecified atom stereocenters. The number of benzene rings is 2. The predicted octanol–water partition coefficient (Wildman–Crippen LogP) is 1.17. The van der Waals surface area contributed by atoms with Gasteiger partial charge in [0.05, 0.1) is 35.3 Å². The number of non-ortho nitro benzene ring substituents is 1. The molecule has 168 valence electrons. The number of carboxylic acid groups (broad SMARTS) is 1. The molecule has 33 heavy (non-hydrogen) atoms. The summed E-state index contributed by atoms with van der Waals surface area (Å²) in [4.78, 5) is 64.6. The van der Waals surface area contributed by atoms with Crippen LogP contribution >= 0.6 is 0 Å². The zero-order valence-corrected chi connectivity index (χ0v) is 17.0. The highest BCUT2D eigenvalue weighted by Crippen LogP contribution is 2.38. The molecule has 3 heterocycles. The summed E-state index contributed by atoms with van der Waals surface area (Å²) in [5, 5.41) is 21.1. The summed E-state index contributed by atoms with van der Waals surface area (Å²) in [5.41, 5.74) is 0.964. The van der Waals surface area contributed by atoms with E-state index in [4.69, 9.17) is 4.74 Å². The molecule has 1 N–H and O–H groups in total. The van der Waals surface area contributed by atoms with Crippen molar-refractivity contribution in [3.8, 4) is 0 Å². The maximum Gasteiger partial charge on any atom is 0.328 e. The maximum atomic E-state index is 13.7. The Hall–Kier alpha value is -4.12. The number of carboxylic acids is 1. The summed E-state index contributed by atoms with van der Waals surface area (Å²) in [7, 11) is 0. The molecule has 3 aliphatic heterocycles. The average molecular weight is 451 g/mol. The first-order valence-electron chi connectivity index (χ1n) is 10.2. The molecule has 1 fully saturated rings. The lowest BCUT2D eigenvalue weighted by atomic mass is 9.96. The molecule has 2 aromatic rings. The van der Waals surface area contributed by atoms with Gasteiger partial charge in [0, 0.05) is 18.6 Å². The minimum atomic E-state index is -1.38. The SMILES string of the molecule is O=C(O)C1COCC2c3cc([N+](=O)[O-])ccc3CC(N3C(=O)c4ccccc4C3=O)C(=O)N12. The summed E-state index contributed by atoms with van der Waals surface area (Å²) < 4.78 is 5.44. The Kier molecular flexibility index (Phi) is 4.71. The van der Waals surface area contributed by atoms with E-state index >= 15 is 0 Å². The number of nitro benzene ring substituents is 1. The molecule has 0 radical (unpaired) electrons. The summed E-state index contributed by atoms with van der Waals surface area (Å²) >= 11 is 0. The van der Waals surface area contributed by atoms with E-state index in [0.29, 0.717) is 11.1 Å². The standard InChI is InChI=1S/C22H17N3O8/c26-19-13-3-1-2-4-14(13)20(27)24(19)16-7-11-5-6-12(25(31)32)8-15(11)17-9-33-10-18(22(29)30)23(17)21(16)28/h1-6,8,16-18H,7,9-10H2,(H,29,30). The number of ether oxygens (including phenoxy) is 1. The van der Waals surface area contributed by atoms with Gasteiger partial charge in [-0.25, -0.2) is 4.79 Å². The van der Waals surface area contributed by atoms with Crippen LogP contribution in [0.15, 0.2) is 42.5 Å². The number of hydrogen-bond acceptors (Lipinski definition) is 7. The quantitative estimate of drug-likeness (QED) is 0.415. The predicted molar refractivity (Wildman–Crippen MR) is 109 cm³/mol. The lowest BCUT2D eigenvalue weighted by molar-refractivity contribution is -0.385. The van der Waals surface area contributed by atoms with Gasteiger partial charge in [-0.3, -0.25) is 29.4 Å². The van der Waals surface area contributed by atoms with Crippen molar-refractivity contribution in [3.63, 3.8) is 0 Å². The van der Waals surface area contributed by atoms with Crippen LogP contribution in [-0.4, -0.2) is 68.8 Å². The molecule has 0 aromatic heterocycles. The Labute approximate surface area is 186 Å². The molecule has 3 amide bonds. The fourth-order valence-corrected chi connectivity index (χ4v) is 4.76. The van der Waals surface area contributed by atoms with Crippen molar-refractivity contribution in [3.05, 3.63) is 74.8 Å². The lowest BCUT2D eigenvalue weighted by Gasteiger charge is -2.41. The van der Waals surface area contributed by atoms with E-state index in [9.17, 15) is 34.4 Å². The minimum Gasteiger partial charge on any atom is -0.480 e. The van der Waals surface area contributed by atoms with Crippen LogP contribution in [0.1, 0.15) is 37.9 Å². The number of imide groups is 1. The smallest absolute Gasteiger partial charge is 0.328 e. The Balaban J connectivity index is 1.66. The van der Waals surface area contributed by atoms with Crippen LogP contribution < -0.4 is 0 Å². The zero-order chi connectivity index (χ0) is 23.4. The molecule has 5 rings (SSSR count). The van der Waals surface area contributed by atoms with Crippen molar-refractivity contribution in [2.75, 3.05) is 13.2 Å². The molecule has 0 spiro atoms. The molecule has 2 aromatic carbocycles. The fraction of sp³-hybridized carbons (Fsp3) is 0.273. The third-order valence-electron chi connectivity index (χ3n) is 6.30. The third-order valence-corrected chi connectivity index (χ3v) is 6.30. The second-order valence-corrected chi connectivity index (χ2v) is 8.04. The highest BCUT2D eigenvalue weighted by Gasteiger charge is 2.50. The van der Waals surface area contributed by atoms with Gasteiger partial charge in [0.15, 0.2) is 6.04 Å². The number of nitro groups is 1. The van der Waals surface area contributed by atoms with Gasteiger partial charge in [0.25, 0.3) is 17.5 Å². The van der Waals surface area contributed by atoms with Gasteiger partial charge < -0.3 is 14.7 Å². The normalized spacial score (nSPS) is 24.1. The first kappa shape index (κ1) is 20.8. The van der Waals surface area contributed by atoms with Crippen molar-refractivity contribution in [2.24, 2.45) is 0 Å². The summed E-state index contributed by atoms with van der Waals surface area (Å²) in [6.45, 7) is -0.352. The number of morpholine rings is 1. The molecular formula is C22H17N3O8. The molecular weight excluding hydrogens is 434 g/mol. The Morgan fingerprint density at radius 2 is 1.70 bits per heavy atom. The average Bonchev–Trinajstić information content (AvgIpc) is 2.98. The van der Waals surface area contributed by atoms with Gasteiger partial charge in [-0.2, -0.15) is 0 Å². The largest absolute Gasteiger partial charge is 0.480 e. The molecule has 1 saturated heterocycles. The van der Waals surface area contributed by atoms with Crippen molar-refractivity contribution in [2.45, 2.75) is 24.5 Å². The van der Waals surface area contributed by atoms with Crippen LogP contribution in [0.2, 0.25) is 0 Å². The van der Waals surface area contributed by atoms with E-state index in [2.05, 4.69) is 0 Å². The topological polar surface area (TPSA) is 147 Å². The van der Waals surface area contributed by atoms with Crippen LogP contribution in [0.25, 0.3) is 0 Å². The van der Waals surface area contributed by atoms with Gasteiger partial charge in [0.1, 0.15) is 6.04 Å². The number of rotatable bonds is 3. The lowest BCUT2D eigenvalue weighted by Crippen LogP contribution is -2.59. The second-order valence-electron chi connectivity index (χ2n) is 8.04. The van der Waals surface area contributed by atoms with Crippen LogP contribution in [-0.2, 0) is 20.7 Å². The second kappa shape index (κ2) is 7.48. The number of amides is 3. The van der Waals surface area contributed by atoms with E-state index in [-0.39, 0.29) is 36.4 Å². The molecule has 11 heteroatoms. The number of aliphatic carboxylic acids is 1. The monoisotopic (exact) mass is 451 g/mol. The Morgan fingerprint density at radius 1 is 1.03 bits per heavy atom. The van der Waals surface area contributed by atoms with Crippen LogP contribution in [0, 0.1) is 10.1 Å². The number of carbonyl (C=O) groups is 4. The van der Waals surface area contributed by atoms with Gasteiger partial charge in [-0.15, -0.1) is 0 Å². The number of hydrogen-bond donors (Lipinski definition) is 1. The Bertz CT molecular complexity index is 1210. The van der Waals surface area contributed by atoms with Crippen LogP contribution in [0.3, 0.4) is 0 Å². The van der Waals surface area contributed by atoms with E-state index in [1.54, 1.807) is 12.1 Å². The van der Waals surface area contributed by atoms with Crippen LogP contribution in [0.4, 0.5) is 5.69 Å². The number of nitrogens with zero attached hydrogens (tertiary/aromatic N) is 3. The van der Waals surface area contributed by atoms with Gasteiger partial charge in [-0.1, -0.05) is 18.2 Å². The third kappa shape index (κ3) is 3.08. The van der Waals surface area contributed by atoms with E-state index < -0.39 is 46.7 Å². The molecule has 3 aliphatic rings. The summed E-state index contributed by atoms with van der Waals surface area (Å²) in [5.74, 6) is -3.32. The minimum absolute atomic E-state index is 0.0709. The van der Waals surface area contributed by atoms with Crippen molar-refractivity contribution in [1.29, 1.82) is 0 Å². The molecule has 0 bridgehead atoms. The van der Waals surface area contributed by atoms with Gasteiger partial charge in [-0.05, 0) is 23.3 Å². The summed E-state index contributed by atoms with van der Waals surface area (Å²) in [6, 6.07) is 6.64. The van der Waals surface area contributed by atoms with E-state index in [0.717, 1.165) is 9.80 Å². The van der Waals surface area contributed by atoms with Crippen molar-refractivity contribution in [1.82, 2.24) is 9.80 Å². The highest BCUT2D eigenvalue weighted by atomic mass is 16.6. The first-order valence-corrected chi connectivity index (χ1v) is 10.2. The fourth-order valence-electron chi connectivity index (χ4n) is 4.76. The van der Waals surface area contributed by atoms with Crippen LogP contribution in [0.5, 0.6) is 0 Å². The van der Waals surface area contributed by atoms with Crippen molar-refractivity contribution >= 4 is 29.4 Å². The van der Waals surface area contributed by atoms with E-state index in [1.165, 1.54) is 30.3 Å². The molecule has 0 aliphatic carbocycles. The number of fused-ring (bicyclic) bond motifs is 4. The zero-order valence-electron chi connectivity index (χ0n) is 17.0.